The fourth-order valence-electron chi connectivity index (χ4n) is 2.93. The van der Waals surface area contributed by atoms with Crippen molar-refractivity contribution in [1.82, 2.24) is 9.88 Å². The van der Waals surface area contributed by atoms with Gasteiger partial charge in [-0.1, -0.05) is 30.3 Å². The molecule has 6 heteroatoms. The molecule has 1 heterocycles. The van der Waals surface area contributed by atoms with Crippen LogP contribution in [0.15, 0.2) is 72.9 Å². The van der Waals surface area contributed by atoms with Gasteiger partial charge in [-0.3, -0.25) is 14.6 Å². The second-order valence-corrected chi connectivity index (χ2v) is 6.62. The minimum Gasteiger partial charge on any atom is -0.355 e. The highest BCUT2D eigenvalue weighted by Crippen LogP contribution is 2.20. The smallest absolute Gasteiger partial charge is 0.272 e. The summed E-state index contributed by atoms with van der Waals surface area (Å²) in [5.41, 5.74) is 3.82. The van der Waals surface area contributed by atoms with Gasteiger partial charge in [-0.2, -0.15) is 0 Å². The van der Waals surface area contributed by atoms with Crippen LogP contribution in [-0.2, 0) is 11.3 Å². The van der Waals surface area contributed by atoms with Crippen LogP contribution in [0.2, 0.25) is 0 Å². The number of amides is 2. The van der Waals surface area contributed by atoms with Gasteiger partial charge in [-0.25, -0.2) is 0 Å². The molecular formula is C23H24N4O2. The Balaban J connectivity index is 1.71. The molecular weight excluding hydrogens is 364 g/mol. The maximum atomic E-state index is 12.9. The van der Waals surface area contributed by atoms with Crippen LogP contribution in [0.3, 0.4) is 0 Å². The molecule has 0 fully saturated rings. The second kappa shape index (κ2) is 9.50. The Hall–Kier alpha value is -3.67. The van der Waals surface area contributed by atoms with Crippen LogP contribution in [0.4, 0.5) is 17.1 Å². The number of aromatic nitrogens is 1. The van der Waals surface area contributed by atoms with Crippen molar-refractivity contribution in [2.75, 3.05) is 17.2 Å². The monoisotopic (exact) mass is 388 g/mol. The summed E-state index contributed by atoms with van der Waals surface area (Å²) in [5, 5.41) is 5.99. The summed E-state index contributed by atoms with van der Waals surface area (Å²) >= 11 is 0. The van der Waals surface area contributed by atoms with Crippen LogP contribution in [0.25, 0.3) is 0 Å². The molecule has 3 aromatic rings. The molecule has 0 saturated heterocycles. The van der Waals surface area contributed by atoms with Gasteiger partial charge in [0.25, 0.3) is 5.91 Å². The summed E-state index contributed by atoms with van der Waals surface area (Å²) in [6.45, 7) is 4.57. The van der Waals surface area contributed by atoms with E-state index < -0.39 is 0 Å². The molecule has 0 bridgehead atoms. The highest BCUT2D eigenvalue weighted by Gasteiger charge is 2.16. The number of benzene rings is 2. The van der Waals surface area contributed by atoms with Crippen molar-refractivity contribution in [2.24, 2.45) is 0 Å². The van der Waals surface area contributed by atoms with E-state index in [0.29, 0.717) is 18.8 Å². The van der Waals surface area contributed by atoms with E-state index in [9.17, 15) is 9.59 Å². The van der Waals surface area contributed by atoms with Gasteiger partial charge in [0.15, 0.2) is 0 Å². The van der Waals surface area contributed by atoms with Crippen molar-refractivity contribution in [1.29, 1.82) is 0 Å². The lowest BCUT2D eigenvalue weighted by molar-refractivity contribution is -0.114. The van der Waals surface area contributed by atoms with Gasteiger partial charge in [-0.05, 0) is 48.9 Å². The fraction of sp³-hybridized carbons (Fsp3) is 0.174. The molecule has 2 N–H and O–H groups in total. The molecule has 2 amide bonds. The summed E-state index contributed by atoms with van der Waals surface area (Å²) in [7, 11) is 0. The Morgan fingerprint density at radius 3 is 2.28 bits per heavy atom. The number of nitrogens with zero attached hydrogens (tertiary/aromatic N) is 2. The predicted octanol–water partition coefficient (Wildman–Crippen LogP) is 4.45. The van der Waals surface area contributed by atoms with E-state index in [2.05, 4.69) is 15.6 Å². The van der Waals surface area contributed by atoms with E-state index >= 15 is 0 Å². The fourth-order valence-corrected chi connectivity index (χ4v) is 2.93. The summed E-state index contributed by atoms with van der Waals surface area (Å²) in [5.74, 6) is -0.222. The summed E-state index contributed by atoms with van der Waals surface area (Å²) < 4.78 is 0. The molecule has 148 valence electrons. The van der Waals surface area contributed by atoms with Crippen LogP contribution < -0.4 is 10.6 Å². The van der Waals surface area contributed by atoms with Crippen molar-refractivity contribution in [3.8, 4) is 0 Å². The average molecular weight is 388 g/mol. The number of carbonyl (C=O) groups is 2. The van der Waals surface area contributed by atoms with E-state index in [1.165, 1.54) is 6.92 Å². The summed E-state index contributed by atoms with van der Waals surface area (Å²) in [6, 6.07) is 20.8. The van der Waals surface area contributed by atoms with Crippen molar-refractivity contribution in [3.05, 3.63) is 84.2 Å². The standard InChI is InChI=1S/C23H24N4O2/c1-3-27(16-18-7-5-4-6-8-18)23(29)22-15-21(13-14-24-22)26-20-11-9-19(10-12-20)25-17(2)28/h4-15H,3,16H2,1-2H3,(H,24,26)(H,25,28). The molecule has 0 atom stereocenters. The third kappa shape index (κ3) is 5.65. The molecule has 0 unspecified atom stereocenters. The van der Waals surface area contributed by atoms with Crippen LogP contribution in [0.5, 0.6) is 0 Å². The Labute approximate surface area is 170 Å². The summed E-state index contributed by atoms with van der Waals surface area (Å²) in [4.78, 5) is 30.1. The van der Waals surface area contributed by atoms with Gasteiger partial charge >= 0.3 is 0 Å². The first-order valence-electron chi connectivity index (χ1n) is 9.49. The van der Waals surface area contributed by atoms with Crippen molar-refractivity contribution in [2.45, 2.75) is 20.4 Å². The summed E-state index contributed by atoms with van der Waals surface area (Å²) in [6.07, 6.45) is 1.62. The van der Waals surface area contributed by atoms with Gasteiger partial charge in [0.2, 0.25) is 5.91 Å². The molecule has 0 aliphatic rings. The zero-order valence-electron chi connectivity index (χ0n) is 16.6. The first kappa shape index (κ1) is 20.1. The third-order valence-electron chi connectivity index (χ3n) is 4.36. The van der Waals surface area contributed by atoms with Crippen molar-refractivity contribution in [3.63, 3.8) is 0 Å². The number of rotatable bonds is 7. The number of hydrogen-bond acceptors (Lipinski definition) is 4. The van der Waals surface area contributed by atoms with E-state index in [-0.39, 0.29) is 11.8 Å². The first-order valence-corrected chi connectivity index (χ1v) is 9.49. The number of carbonyl (C=O) groups excluding carboxylic acids is 2. The zero-order chi connectivity index (χ0) is 20.6. The minimum atomic E-state index is -0.112. The van der Waals surface area contributed by atoms with Gasteiger partial charge < -0.3 is 15.5 Å². The van der Waals surface area contributed by atoms with Crippen molar-refractivity contribution < 1.29 is 9.59 Å². The van der Waals surface area contributed by atoms with E-state index in [0.717, 1.165) is 22.6 Å². The van der Waals surface area contributed by atoms with Gasteiger partial charge in [0.05, 0.1) is 0 Å². The largest absolute Gasteiger partial charge is 0.355 e. The van der Waals surface area contributed by atoms with Gasteiger partial charge in [-0.15, -0.1) is 0 Å². The minimum absolute atomic E-state index is 0.110. The lowest BCUT2D eigenvalue weighted by Gasteiger charge is -2.21. The lowest BCUT2D eigenvalue weighted by Crippen LogP contribution is -2.31. The normalized spacial score (nSPS) is 10.3. The molecule has 0 aliphatic carbocycles. The Morgan fingerprint density at radius 1 is 0.931 bits per heavy atom. The van der Waals surface area contributed by atoms with Crippen LogP contribution in [0, 0.1) is 0 Å². The highest BCUT2D eigenvalue weighted by atomic mass is 16.2. The van der Waals surface area contributed by atoms with E-state index in [1.807, 2.05) is 67.6 Å². The Kier molecular flexibility index (Phi) is 6.58. The van der Waals surface area contributed by atoms with Gasteiger partial charge in [0, 0.05) is 43.3 Å². The molecule has 2 aromatic carbocycles. The molecule has 3 rings (SSSR count). The van der Waals surface area contributed by atoms with Crippen LogP contribution in [-0.4, -0.2) is 28.2 Å². The first-order chi connectivity index (χ1) is 14.0. The maximum Gasteiger partial charge on any atom is 0.272 e. The third-order valence-corrected chi connectivity index (χ3v) is 4.36. The molecule has 6 nitrogen and oxygen atoms in total. The Morgan fingerprint density at radius 2 is 1.62 bits per heavy atom. The molecule has 0 spiro atoms. The molecule has 0 radical (unpaired) electrons. The topological polar surface area (TPSA) is 74.3 Å². The molecule has 1 aromatic heterocycles. The number of nitrogens with one attached hydrogen (secondary N) is 2. The molecule has 29 heavy (non-hydrogen) atoms. The van der Waals surface area contributed by atoms with Crippen molar-refractivity contribution >= 4 is 28.9 Å². The highest BCUT2D eigenvalue weighted by molar-refractivity contribution is 5.93. The van der Waals surface area contributed by atoms with Crippen LogP contribution >= 0.6 is 0 Å². The quantitative estimate of drug-likeness (QED) is 0.627. The predicted molar refractivity (Wildman–Crippen MR) is 115 cm³/mol. The number of anilines is 3. The molecule has 0 aliphatic heterocycles. The lowest BCUT2D eigenvalue weighted by atomic mass is 10.2. The Bertz CT molecular complexity index is 972. The SMILES string of the molecule is CCN(Cc1ccccc1)C(=O)c1cc(Nc2ccc(NC(C)=O)cc2)ccn1. The molecule has 0 saturated carbocycles. The zero-order valence-corrected chi connectivity index (χ0v) is 16.6. The van der Waals surface area contributed by atoms with Crippen LogP contribution in [0.1, 0.15) is 29.9 Å². The van der Waals surface area contributed by atoms with Gasteiger partial charge in [0.1, 0.15) is 5.69 Å². The average Bonchev–Trinajstić information content (AvgIpc) is 2.73. The second-order valence-electron chi connectivity index (χ2n) is 6.62. The number of hydrogen-bond donors (Lipinski definition) is 2. The van der Waals surface area contributed by atoms with E-state index in [4.69, 9.17) is 0 Å². The number of pyridine rings is 1. The van der Waals surface area contributed by atoms with E-state index in [1.54, 1.807) is 17.2 Å². The maximum absolute atomic E-state index is 12.9.